The van der Waals surface area contributed by atoms with Crippen LogP contribution < -0.4 is 0 Å². The predicted octanol–water partition coefficient (Wildman–Crippen LogP) is 2.33. The number of halogens is 1. The molecule has 1 aliphatic rings. The quantitative estimate of drug-likeness (QED) is 0.536. The van der Waals surface area contributed by atoms with Crippen LogP contribution in [-0.4, -0.2) is 5.71 Å². The first-order chi connectivity index (χ1) is 4.20. The molecular weight excluding hydrogens is 134 g/mol. The summed E-state index contributed by atoms with van der Waals surface area (Å²) in [6.45, 7) is 1.97. The molecule has 48 valence electrons. The van der Waals surface area contributed by atoms with Crippen molar-refractivity contribution in [1.29, 1.82) is 5.41 Å². The van der Waals surface area contributed by atoms with Crippen LogP contribution >= 0.6 is 11.6 Å². The average Bonchev–Trinajstić information content (AvgIpc) is 1.80. The van der Waals surface area contributed by atoms with E-state index < -0.39 is 0 Å². The molecule has 1 unspecified atom stereocenters. The van der Waals surface area contributed by atoms with Gasteiger partial charge in [-0.05, 0) is 12.2 Å². The van der Waals surface area contributed by atoms with Crippen LogP contribution in [-0.2, 0) is 0 Å². The summed E-state index contributed by atoms with van der Waals surface area (Å²) in [7, 11) is 0. The van der Waals surface area contributed by atoms with Crippen LogP contribution in [0.2, 0.25) is 0 Å². The summed E-state index contributed by atoms with van der Waals surface area (Å²) >= 11 is 5.61. The Hall–Kier alpha value is -0.560. The summed E-state index contributed by atoms with van der Waals surface area (Å²) < 4.78 is 0. The second kappa shape index (κ2) is 2.36. The van der Waals surface area contributed by atoms with Crippen molar-refractivity contribution in [2.45, 2.75) is 6.92 Å². The van der Waals surface area contributed by atoms with Gasteiger partial charge in [0.05, 0.1) is 0 Å². The van der Waals surface area contributed by atoms with Gasteiger partial charge in [-0.15, -0.1) is 0 Å². The first kappa shape index (κ1) is 6.56. The van der Waals surface area contributed by atoms with Crippen molar-refractivity contribution in [3.8, 4) is 0 Å². The van der Waals surface area contributed by atoms with E-state index in [2.05, 4.69) is 0 Å². The van der Waals surface area contributed by atoms with Crippen LogP contribution in [0.3, 0.4) is 0 Å². The van der Waals surface area contributed by atoms with Crippen molar-refractivity contribution in [1.82, 2.24) is 0 Å². The number of rotatable bonds is 0. The molecule has 0 saturated heterocycles. The second-order valence-electron chi connectivity index (χ2n) is 2.13. The molecule has 0 spiro atoms. The molecule has 9 heavy (non-hydrogen) atoms. The van der Waals surface area contributed by atoms with Gasteiger partial charge in [-0.3, -0.25) is 0 Å². The summed E-state index contributed by atoms with van der Waals surface area (Å²) in [4.78, 5) is 0. The monoisotopic (exact) mass is 141 g/mol. The standard InChI is InChI=1S/C7H8ClN/c1-5-2-3-6(8)4-7(5)9/h2-5,9H,1H3. The van der Waals surface area contributed by atoms with Crippen LogP contribution in [0.15, 0.2) is 23.3 Å². The van der Waals surface area contributed by atoms with Gasteiger partial charge in [0.2, 0.25) is 0 Å². The van der Waals surface area contributed by atoms with E-state index in [1.807, 2.05) is 19.1 Å². The van der Waals surface area contributed by atoms with Crippen LogP contribution in [0.4, 0.5) is 0 Å². The molecule has 2 heteroatoms. The van der Waals surface area contributed by atoms with Crippen LogP contribution in [0.5, 0.6) is 0 Å². The highest BCUT2D eigenvalue weighted by Crippen LogP contribution is 2.14. The van der Waals surface area contributed by atoms with Crippen molar-refractivity contribution < 1.29 is 0 Å². The van der Waals surface area contributed by atoms with E-state index >= 15 is 0 Å². The highest BCUT2D eigenvalue weighted by molar-refractivity contribution is 6.33. The fourth-order valence-corrected chi connectivity index (χ4v) is 0.858. The minimum absolute atomic E-state index is 0.229. The van der Waals surface area contributed by atoms with Gasteiger partial charge in [0.15, 0.2) is 0 Å². The molecule has 0 aliphatic heterocycles. The Morgan fingerprint density at radius 2 is 2.33 bits per heavy atom. The van der Waals surface area contributed by atoms with E-state index in [4.69, 9.17) is 17.0 Å². The summed E-state index contributed by atoms with van der Waals surface area (Å²) in [5.74, 6) is 0.229. The average molecular weight is 142 g/mol. The van der Waals surface area contributed by atoms with Gasteiger partial charge in [-0.1, -0.05) is 24.6 Å². The topological polar surface area (TPSA) is 23.9 Å². The smallest absolute Gasteiger partial charge is 0.0421 e. The molecule has 0 fully saturated rings. The zero-order valence-electron chi connectivity index (χ0n) is 5.19. The van der Waals surface area contributed by atoms with Gasteiger partial charge in [-0.25, -0.2) is 0 Å². The van der Waals surface area contributed by atoms with Gasteiger partial charge in [0, 0.05) is 16.7 Å². The molecule has 1 atom stereocenters. The Morgan fingerprint density at radius 3 is 2.78 bits per heavy atom. The molecule has 0 aromatic heterocycles. The van der Waals surface area contributed by atoms with E-state index in [0.717, 1.165) is 0 Å². The van der Waals surface area contributed by atoms with Crippen LogP contribution in [0.25, 0.3) is 0 Å². The molecule has 1 N–H and O–H groups in total. The molecule has 0 aromatic rings. The highest BCUT2D eigenvalue weighted by atomic mass is 35.5. The van der Waals surface area contributed by atoms with Crippen molar-refractivity contribution in [3.63, 3.8) is 0 Å². The van der Waals surface area contributed by atoms with Crippen molar-refractivity contribution in [2.24, 2.45) is 5.92 Å². The molecule has 0 heterocycles. The third kappa shape index (κ3) is 1.42. The molecule has 0 radical (unpaired) electrons. The molecular formula is C7H8ClN. The highest BCUT2D eigenvalue weighted by Gasteiger charge is 2.06. The normalized spacial score (nSPS) is 26.2. The fourth-order valence-electron chi connectivity index (χ4n) is 0.668. The third-order valence-electron chi connectivity index (χ3n) is 1.33. The van der Waals surface area contributed by atoms with E-state index in [0.29, 0.717) is 10.7 Å². The molecule has 1 aliphatic carbocycles. The predicted molar refractivity (Wildman–Crippen MR) is 40.0 cm³/mol. The molecule has 0 saturated carbocycles. The van der Waals surface area contributed by atoms with E-state index in [1.54, 1.807) is 6.08 Å². The maximum atomic E-state index is 7.31. The Labute approximate surface area is 59.5 Å². The van der Waals surface area contributed by atoms with Crippen LogP contribution in [0, 0.1) is 11.3 Å². The van der Waals surface area contributed by atoms with Gasteiger partial charge < -0.3 is 5.41 Å². The first-order valence-corrected chi connectivity index (χ1v) is 3.22. The van der Waals surface area contributed by atoms with E-state index in [-0.39, 0.29) is 5.92 Å². The molecule has 0 aromatic carbocycles. The largest absolute Gasteiger partial charge is 0.305 e. The van der Waals surface area contributed by atoms with E-state index in [1.165, 1.54) is 0 Å². The lowest BCUT2D eigenvalue weighted by atomic mass is 10.0. The number of allylic oxidation sites excluding steroid dienone is 4. The summed E-state index contributed by atoms with van der Waals surface area (Å²) in [6, 6.07) is 0. The number of hydrogen-bond donors (Lipinski definition) is 1. The van der Waals surface area contributed by atoms with Gasteiger partial charge in [-0.2, -0.15) is 0 Å². The number of hydrogen-bond acceptors (Lipinski definition) is 1. The second-order valence-corrected chi connectivity index (χ2v) is 2.57. The number of nitrogens with one attached hydrogen (secondary N) is 1. The SMILES string of the molecule is CC1C=CC(Cl)=CC1=N. The lowest BCUT2D eigenvalue weighted by Crippen LogP contribution is -2.06. The van der Waals surface area contributed by atoms with Crippen molar-refractivity contribution in [3.05, 3.63) is 23.3 Å². The Morgan fingerprint density at radius 1 is 1.67 bits per heavy atom. The summed E-state index contributed by atoms with van der Waals surface area (Å²) in [5.41, 5.74) is 0.586. The zero-order valence-corrected chi connectivity index (χ0v) is 5.94. The minimum Gasteiger partial charge on any atom is -0.305 e. The third-order valence-corrected chi connectivity index (χ3v) is 1.56. The van der Waals surface area contributed by atoms with Crippen molar-refractivity contribution >= 4 is 17.3 Å². The Balaban J connectivity index is 2.82. The Bertz CT molecular complexity index is 191. The zero-order chi connectivity index (χ0) is 6.85. The molecule has 0 amide bonds. The van der Waals surface area contributed by atoms with Gasteiger partial charge in [0.25, 0.3) is 0 Å². The molecule has 0 bridgehead atoms. The molecule has 1 rings (SSSR count). The van der Waals surface area contributed by atoms with E-state index in [9.17, 15) is 0 Å². The fraction of sp³-hybridized carbons (Fsp3) is 0.286. The van der Waals surface area contributed by atoms with Crippen LogP contribution in [0.1, 0.15) is 6.92 Å². The lowest BCUT2D eigenvalue weighted by Gasteiger charge is -2.07. The molecule has 1 nitrogen and oxygen atoms in total. The maximum absolute atomic E-state index is 7.31. The summed E-state index contributed by atoms with van der Waals surface area (Å²) in [5, 5.41) is 7.96. The maximum Gasteiger partial charge on any atom is 0.0421 e. The van der Waals surface area contributed by atoms with Gasteiger partial charge in [0.1, 0.15) is 0 Å². The Kier molecular flexibility index (Phi) is 1.72. The minimum atomic E-state index is 0.229. The summed E-state index contributed by atoms with van der Waals surface area (Å²) in [6.07, 6.45) is 5.42. The van der Waals surface area contributed by atoms with Crippen molar-refractivity contribution in [2.75, 3.05) is 0 Å². The first-order valence-electron chi connectivity index (χ1n) is 2.84. The van der Waals surface area contributed by atoms with Gasteiger partial charge >= 0.3 is 0 Å². The lowest BCUT2D eigenvalue weighted by molar-refractivity contribution is 0.984.